The Labute approximate surface area is 204 Å². The van der Waals surface area contributed by atoms with E-state index in [-0.39, 0.29) is 5.91 Å². The highest BCUT2D eigenvalue weighted by Gasteiger charge is 2.29. The maximum absolute atomic E-state index is 13.0. The maximum atomic E-state index is 13.0. The summed E-state index contributed by atoms with van der Waals surface area (Å²) in [4.78, 5) is 31.0. The van der Waals surface area contributed by atoms with Gasteiger partial charge in [0.05, 0.1) is 11.0 Å². The predicted octanol–water partition coefficient (Wildman–Crippen LogP) is 5.81. The lowest BCUT2D eigenvalue weighted by Gasteiger charge is -2.31. The topological polar surface area (TPSA) is 84.2 Å². The Morgan fingerprint density at radius 1 is 1.18 bits per heavy atom. The Kier molecular flexibility index (Phi) is 6.73. The zero-order chi connectivity index (χ0) is 23.7. The van der Waals surface area contributed by atoms with E-state index >= 15 is 0 Å². The summed E-state index contributed by atoms with van der Waals surface area (Å²) >= 11 is 1.74. The highest BCUT2D eigenvalue weighted by Crippen LogP contribution is 2.37. The number of fused-ring (bicyclic) bond motifs is 1. The number of amides is 1. The van der Waals surface area contributed by atoms with Crippen LogP contribution in [0.25, 0.3) is 11.0 Å². The number of benzene rings is 1. The Morgan fingerprint density at radius 2 is 2.00 bits per heavy atom. The summed E-state index contributed by atoms with van der Waals surface area (Å²) in [6, 6.07) is 9.43. The molecule has 0 aliphatic heterocycles. The first-order valence-electron chi connectivity index (χ1n) is 12.6. The van der Waals surface area contributed by atoms with Gasteiger partial charge in [-0.25, -0.2) is 9.78 Å². The highest BCUT2D eigenvalue weighted by molar-refractivity contribution is 7.09. The molecule has 2 N–H and O–H groups in total. The van der Waals surface area contributed by atoms with Gasteiger partial charge in [0.2, 0.25) is 0 Å². The standard InChI is InChI=1S/C27H33N3O3S/c1-17-6-2-3-10-23(17)30-24-12-11-19(15-21(24)28-25(30)16-20-9-5-13-34-20)26(31)29-22(27(32)33)14-18-7-4-8-18/h5,9,11-13,15,17-18,22-23H,2-4,6-8,10,14,16H2,1H3,(H,29,31)(H,32,33)/t17-,22+,23-/m1/s1. The number of carbonyl (C=O) groups excluding carboxylic acids is 1. The van der Waals surface area contributed by atoms with Crippen LogP contribution in [0.3, 0.4) is 0 Å². The van der Waals surface area contributed by atoms with E-state index in [9.17, 15) is 14.7 Å². The van der Waals surface area contributed by atoms with Crippen LogP contribution in [0.15, 0.2) is 35.7 Å². The third kappa shape index (κ3) is 4.76. The molecule has 2 saturated carbocycles. The van der Waals surface area contributed by atoms with Gasteiger partial charge < -0.3 is 15.0 Å². The Balaban J connectivity index is 1.45. The van der Waals surface area contributed by atoms with Crippen LogP contribution in [0.1, 0.15) is 85.4 Å². The zero-order valence-electron chi connectivity index (χ0n) is 19.7. The summed E-state index contributed by atoms with van der Waals surface area (Å²) in [5.74, 6) is 0.724. The van der Waals surface area contributed by atoms with E-state index in [1.807, 2.05) is 18.2 Å². The molecule has 3 aromatic rings. The number of carbonyl (C=O) groups is 2. The molecular weight excluding hydrogens is 446 g/mol. The van der Waals surface area contributed by atoms with Crippen molar-refractivity contribution < 1.29 is 14.7 Å². The SMILES string of the molecule is C[C@@H]1CCCC[C@H]1n1c(Cc2cccs2)nc2cc(C(=O)N[C@@H](CC3CCC3)C(=O)O)ccc21. The van der Waals surface area contributed by atoms with E-state index in [1.54, 1.807) is 11.3 Å². The van der Waals surface area contributed by atoms with Crippen molar-refractivity contribution in [3.8, 4) is 0 Å². The fraction of sp³-hybridized carbons (Fsp3) is 0.519. The fourth-order valence-corrected chi connectivity index (χ4v) is 6.26. The summed E-state index contributed by atoms with van der Waals surface area (Å²) in [6.45, 7) is 2.33. The molecule has 34 heavy (non-hydrogen) atoms. The van der Waals surface area contributed by atoms with Crippen molar-refractivity contribution in [2.75, 3.05) is 0 Å². The quantitative estimate of drug-likeness (QED) is 0.427. The van der Waals surface area contributed by atoms with Gasteiger partial charge in [-0.05, 0) is 60.7 Å². The third-order valence-electron chi connectivity index (χ3n) is 7.73. The summed E-state index contributed by atoms with van der Waals surface area (Å²) in [5, 5.41) is 14.5. The predicted molar refractivity (Wildman–Crippen MR) is 134 cm³/mol. The van der Waals surface area contributed by atoms with Gasteiger partial charge in [-0.3, -0.25) is 4.79 Å². The molecule has 5 rings (SSSR count). The van der Waals surface area contributed by atoms with E-state index in [1.165, 1.54) is 24.1 Å². The van der Waals surface area contributed by atoms with E-state index < -0.39 is 12.0 Å². The van der Waals surface area contributed by atoms with E-state index in [0.29, 0.717) is 29.9 Å². The molecule has 2 aromatic heterocycles. The van der Waals surface area contributed by atoms with Crippen LogP contribution in [-0.4, -0.2) is 32.6 Å². The molecule has 0 saturated heterocycles. The number of carboxylic acid groups (broad SMARTS) is 1. The molecule has 0 bridgehead atoms. The number of rotatable bonds is 8. The minimum absolute atomic E-state index is 0.339. The molecule has 1 amide bonds. The number of carboxylic acids is 1. The number of hydrogen-bond acceptors (Lipinski definition) is 4. The summed E-state index contributed by atoms with van der Waals surface area (Å²) in [6.07, 6.45) is 9.41. The Bertz CT molecular complexity index is 1170. The van der Waals surface area contributed by atoms with E-state index in [2.05, 4.69) is 34.3 Å². The van der Waals surface area contributed by atoms with Gasteiger partial charge >= 0.3 is 5.97 Å². The third-order valence-corrected chi connectivity index (χ3v) is 8.61. The second-order valence-electron chi connectivity index (χ2n) is 10.1. The van der Waals surface area contributed by atoms with Crippen molar-refractivity contribution in [2.24, 2.45) is 11.8 Å². The van der Waals surface area contributed by atoms with Crippen LogP contribution < -0.4 is 5.32 Å². The molecule has 0 radical (unpaired) electrons. The molecular formula is C27H33N3O3S. The first-order valence-corrected chi connectivity index (χ1v) is 13.4. The van der Waals surface area contributed by atoms with E-state index in [4.69, 9.17) is 4.98 Å². The minimum atomic E-state index is -0.963. The van der Waals surface area contributed by atoms with Crippen molar-refractivity contribution in [1.29, 1.82) is 0 Å². The number of nitrogens with zero attached hydrogens (tertiary/aromatic N) is 2. The van der Waals surface area contributed by atoms with Crippen molar-refractivity contribution >= 4 is 34.2 Å². The number of aromatic nitrogens is 2. The summed E-state index contributed by atoms with van der Waals surface area (Å²) < 4.78 is 2.41. The lowest BCUT2D eigenvalue weighted by molar-refractivity contribution is -0.139. The molecule has 2 aliphatic rings. The van der Waals surface area contributed by atoms with Crippen molar-refractivity contribution in [3.05, 3.63) is 52.0 Å². The molecule has 1 aromatic carbocycles. The number of nitrogens with one attached hydrogen (secondary N) is 1. The normalized spacial score (nSPS) is 21.8. The monoisotopic (exact) mass is 479 g/mol. The van der Waals surface area contributed by atoms with Crippen LogP contribution in [0.4, 0.5) is 0 Å². The first kappa shape index (κ1) is 23.1. The van der Waals surface area contributed by atoms with Gasteiger partial charge in [-0.2, -0.15) is 0 Å². The smallest absolute Gasteiger partial charge is 0.326 e. The Morgan fingerprint density at radius 3 is 2.68 bits per heavy atom. The van der Waals surface area contributed by atoms with E-state index in [0.717, 1.165) is 49.0 Å². The Hall–Kier alpha value is -2.67. The second-order valence-corrected chi connectivity index (χ2v) is 11.1. The van der Waals surface area contributed by atoms with Crippen LogP contribution in [-0.2, 0) is 11.2 Å². The van der Waals surface area contributed by atoms with Crippen molar-refractivity contribution in [1.82, 2.24) is 14.9 Å². The molecule has 2 fully saturated rings. The molecule has 0 unspecified atom stereocenters. The van der Waals surface area contributed by atoms with Gasteiger partial charge in [0.15, 0.2) is 0 Å². The minimum Gasteiger partial charge on any atom is -0.480 e. The van der Waals surface area contributed by atoms with Gasteiger partial charge in [0.25, 0.3) is 5.91 Å². The van der Waals surface area contributed by atoms with Crippen LogP contribution in [0.5, 0.6) is 0 Å². The van der Waals surface area contributed by atoms with Crippen molar-refractivity contribution in [3.63, 3.8) is 0 Å². The second kappa shape index (κ2) is 9.90. The highest BCUT2D eigenvalue weighted by atomic mass is 32.1. The van der Waals surface area contributed by atoms with Crippen molar-refractivity contribution in [2.45, 2.75) is 76.8 Å². The first-order chi connectivity index (χ1) is 16.5. The molecule has 180 valence electrons. The maximum Gasteiger partial charge on any atom is 0.326 e. The zero-order valence-corrected chi connectivity index (χ0v) is 20.5. The van der Waals surface area contributed by atoms with Crippen LogP contribution in [0.2, 0.25) is 0 Å². The fourth-order valence-electron chi connectivity index (χ4n) is 5.56. The van der Waals surface area contributed by atoms with Crippen LogP contribution in [0, 0.1) is 11.8 Å². The number of aliphatic carboxylic acids is 1. The molecule has 0 spiro atoms. The molecule has 2 aliphatic carbocycles. The van der Waals surface area contributed by atoms with Gasteiger partial charge in [-0.15, -0.1) is 11.3 Å². The number of thiophene rings is 1. The lowest BCUT2D eigenvalue weighted by atomic mass is 9.81. The van der Waals surface area contributed by atoms with Gasteiger partial charge in [0, 0.05) is 22.9 Å². The van der Waals surface area contributed by atoms with Gasteiger partial charge in [0.1, 0.15) is 11.9 Å². The summed E-state index contributed by atoms with van der Waals surface area (Å²) in [7, 11) is 0. The van der Waals surface area contributed by atoms with Crippen LogP contribution >= 0.6 is 11.3 Å². The average molecular weight is 480 g/mol. The number of imidazole rings is 1. The molecule has 6 nitrogen and oxygen atoms in total. The molecule has 2 heterocycles. The molecule has 3 atom stereocenters. The average Bonchev–Trinajstić information content (AvgIpc) is 3.42. The largest absolute Gasteiger partial charge is 0.480 e. The van der Waals surface area contributed by atoms with Gasteiger partial charge in [-0.1, -0.05) is 45.1 Å². The number of hydrogen-bond donors (Lipinski definition) is 2. The summed E-state index contributed by atoms with van der Waals surface area (Å²) in [5.41, 5.74) is 2.34. The molecule has 7 heteroatoms. The lowest BCUT2D eigenvalue weighted by Crippen LogP contribution is -2.42.